The molecule has 0 aromatic heterocycles. The Morgan fingerprint density at radius 1 is 1.20 bits per heavy atom. The number of alkyl halides is 3. The van der Waals surface area contributed by atoms with Gasteiger partial charge >= 0.3 is 6.18 Å². The third-order valence-electron chi connectivity index (χ3n) is 3.19. The fourth-order valence-corrected chi connectivity index (χ4v) is 2.23. The first-order valence-electron chi connectivity index (χ1n) is 6.79. The summed E-state index contributed by atoms with van der Waals surface area (Å²) >= 11 is 0. The highest BCUT2D eigenvalue weighted by molar-refractivity contribution is 5.48. The van der Waals surface area contributed by atoms with Gasteiger partial charge in [0.2, 0.25) is 0 Å². The van der Waals surface area contributed by atoms with Crippen molar-refractivity contribution < 1.29 is 17.9 Å². The lowest BCUT2D eigenvalue weighted by Gasteiger charge is -2.16. The van der Waals surface area contributed by atoms with Crippen molar-refractivity contribution in [3.05, 3.63) is 24.3 Å². The van der Waals surface area contributed by atoms with Crippen molar-refractivity contribution in [3.63, 3.8) is 0 Å². The molecule has 1 heterocycles. The summed E-state index contributed by atoms with van der Waals surface area (Å²) in [6.45, 7) is 2.74. The van der Waals surface area contributed by atoms with Crippen molar-refractivity contribution in [2.45, 2.75) is 19.0 Å². The maximum absolute atomic E-state index is 12.1. The standard InChI is InChI=1S/C14H19F3N2O/c15-14(16,17)11-20-13-5-3-4-12(10-13)18-6-9-19-7-1-2-8-19/h3-5,10,18H,1-2,6-9,11H2. The first kappa shape index (κ1) is 15.0. The minimum absolute atomic E-state index is 0.230. The minimum atomic E-state index is -4.31. The zero-order chi connectivity index (χ0) is 14.4. The Hall–Kier alpha value is -1.43. The Morgan fingerprint density at radius 2 is 1.95 bits per heavy atom. The third-order valence-corrected chi connectivity index (χ3v) is 3.19. The van der Waals surface area contributed by atoms with Crippen LogP contribution >= 0.6 is 0 Å². The van der Waals surface area contributed by atoms with Gasteiger partial charge in [0.05, 0.1) is 0 Å². The summed E-state index contributed by atoms with van der Waals surface area (Å²) < 4.78 is 40.9. The number of halogens is 3. The molecule has 1 saturated heterocycles. The number of rotatable bonds is 6. The molecular weight excluding hydrogens is 269 g/mol. The van der Waals surface area contributed by atoms with E-state index in [9.17, 15) is 13.2 Å². The quantitative estimate of drug-likeness (QED) is 0.870. The molecule has 3 nitrogen and oxygen atoms in total. The zero-order valence-corrected chi connectivity index (χ0v) is 11.2. The second kappa shape index (κ2) is 6.83. The number of hydrogen-bond acceptors (Lipinski definition) is 3. The van der Waals surface area contributed by atoms with Crippen LogP contribution in [0, 0.1) is 0 Å². The molecule has 20 heavy (non-hydrogen) atoms. The van der Waals surface area contributed by atoms with Crippen LogP contribution in [0.15, 0.2) is 24.3 Å². The summed E-state index contributed by atoms with van der Waals surface area (Å²) in [6, 6.07) is 6.63. The smallest absolute Gasteiger partial charge is 0.422 e. The molecule has 0 aliphatic carbocycles. The van der Waals surface area contributed by atoms with Gasteiger partial charge in [0.15, 0.2) is 6.61 Å². The summed E-state index contributed by atoms with van der Waals surface area (Å²) in [6.07, 6.45) is -1.80. The molecule has 1 fully saturated rings. The van der Waals surface area contributed by atoms with Crippen LogP contribution in [0.3, 0.4) is 0 Å². The van der Waals surface area contributed by atoms with Gasteiger partial charge in [-0.2, -0.15) is 13.2 Å². The van der Waals surface area contributed by atoms with Gasteiger partial charge in [-0.05, 0) is 38.1 Å². The molecule has 2 rings (SSSR count). The number of nitrogens with zero attached hydrogens (tertiary/aromatic N) is 1. The van der Waals surface area contributed by atoms with Crippen LogP contribution in [-0.4, -0.2) is 43.9 Å². The van der Waals surface area contributed by atoms with Gasteiger partial charge in [0.1, 0.15) is 5.75 Å². The van der Waals surface area contributed by atoms with Gasteiger partial charge in [-0.1, -0.05) is 6.07 Å². The Labute approximate surface area is 116 Å². The topological polar surface area (TPSA) is 24.5 Å². The van der Waals surface area contributed by atoms with Gasteiger partial charge in [-0.15, -0.1) is 0 Å². The van der Waals surface area contributed by atoms with Crippen molar-refractivity contribution in [1.29, 1.82) is 0 Å². The van der Waals surface area contributed by atoms with Crippen molar-refractivity contribution >= 4 is 5.69 Å². The van der Waals surface area contributed by atoms with Gasteiger partial charge in [-0.25, -0.2) is 0 Å². The highest BCUT2D eigenvalue weighted by Gasteiger charge is 2.28. The van der Waals surface area contributed by atoms with E-state index in [2.05, 4.69) is 10.2 Å². The predicted octanol–water partition coefficient (Wildman–Crippen LogP) is 3.14. The molecule has 1 aliphatic heterocycles. The van der Waals surface area contributed by atoms with Crippen molar-refractivity contribution in [3.8, 4) is 5.75 Å². The van der Waals surface area contributed by atoms with Crippen LogP contribution in [0.25, 0.3) is 0 Å². The average Bonchev–Trinajstić information content (AvgIpc) is 2.89. The van der Waals surface area contributed by atoms with E-state index < -0.39 is 12.8 Å². The number of likely N-dealkylation sites (tertiary alicyclic amines) is 1. The van der Waals surface area contributed by atoms with Crippen LogP contribution in [0.2, 0.25) is 0 Å². The molecule has 0 saturated carbocycles. The zero-order valence-electron chi connectivity index (χ0n) is 11.2. The van der Waals surface area contributed by atoms with Crippen molar-refractivity contribution in [2.75, 3.05) is 38.1 Å². The lowest BCUT2D eigenvalue weighted by molar-refractivity contribution is -0.153. The Balaban J connectivity index is 1.76. The lowest BCUT2D eigenvalue weighted by atomic mass is 10.3. The molecule has 0 unspecified atom stereocenters. The largest absolute Gasteiger partial charge is 0.484 e. The summed E-state index contributed by atoms with van der Waals surface area (Å²) in [5.41, 5.74) is 0.781. The SMILES string of the molecule is FC(F)(F)COc1cccc(NCCN2CCCC2)c1. The van der Waals surface area contributed by atoms with E-state index in [1.165, 1.54) is 18.9 Å². The molecule has 1 aromatic rings. The Kier molecular flexibility index (Phi) is 5.11. The summed E-state index contributed by atoms with van der Waals surface area (Å²) in [5.74, 6) is 0.230. The van der Waals surface area contributed by atoms with Crippen molar-refractivity contribution in [1.82, 2.24) is 4.90 Å². The highest BCUT2D eigenvalue weighted by atomic mass is 19.4. The van der Waals surface area contributed by atoms with Crippen molar-refractivity contribution in [2.24, 2.45) is 0 Å². The van der Waals surface area contributed by atoms with E-state index in [1.54, 1.807) is 12.1 Å². The second-order valence-electron chi connectivity index (χ2n) is 4.91. The van der Waals surface area contributed by atoms with Crippen LogP contribution in [0.4, 0.5) is 18.9 Å². The number of nitrogens with one attached hydrogen (secondary N) is 1. The monoisotopic (exact) mass is 288 g/mol. The second-order valence-corrected chi connectivity index (χ2v) is 4.91. The molecular formula is C14H19F3N2O. The first-order valence-corrected chi connectivity index (χ1v) is 6.79. The van der Waals surface area contributed by atoms with E-state index in [-0.39, 0.29) is 5.75 Å². The number of anilines is 1. The van der Waals surface area contributed by atoms with Crippen LogP contribution < -0.4 is 10.1 Å². The Bertz CT molecular complexity index is 417. The predicted molar refractivity (Wildman–Crippen MR) is 72.2 cm³/mol. The molecule has 0 radical (unpaired) electrons. The molecule has 0 spiro atoms. The summed E-state index contributed by atoms with van der Waals surface area (Å²) in [4.78, 5) is 2.37. The normalized spacial score (nSPS) is 16.4. The lowest BCUT2D eigenvalue weighted by Crippen LogP contribution is -2.25. The molecule has 6 heteroatoms. The average molecular weight is 288 g/mol. The summed E-state index contributed by atoms with van der Waals surface area (Å²) in [5, 5.41) is 3.21. The van der Waals surface area contributed by atoms with E-state index in [0.717, 1.165) is 31.9 Å². The fourth-order valence-electron chi connectivity index (χ4n) is 2.23. The maximum atomic E-state index is 12.1. The third kappa shape index (κ3) is 5.28. The maximum Gasteiger partial charge on any atom is 0.422 e. The summed E-state index contributed by atoms with van der Waals surface area (Å²) in [7, 11) is 0. The van der Waals surface area contributed by atoms with Crippen LogP contribution in [0.5, 0.6) is 5.75 Å². The number of ether oxygens (including phenoxy) is 1. The van der Waals surface area contributed by atoms with Crippen LogP contribution in [-0.2, 0) is 0 Å². The van der Waals surface area contributed by atoms with E-state index >= 15 is 0 Å². The van der Waals surface area contributed by atoms with E-state index in [1.807, 2.05) is 6.07 Å². The molecule has 1 N–H and O–H groups in total. The first-order chi connectivity index (χ1) is 9.53. The van der Waals surface area contributed by atoms with Gasteiger partial charge in [-0.3, -0.25) is 0 Å². The Morgan fingerprint density at radius 3 is 2.65 bits per heavy atom. The van der Waals surface area contributed by atoms with Gasteiger partial charge in [0, 0.05) is 24.8 Å². The van der Waals surface area contributed by atoms with Gasteiger partial charge in [0.25, 0.3) is 0 Å². The molecule has 1 aromatic carbocycles. The number of benzene rings is 1. The molecule has 0 bridgehead atoms. The fraction of sp³-hybridized carbons (Fsp3) is 0.571. The molecule has 112 valence electrons. The molecule has 0 amide bonds. The van der Waals surface area contributed by atoms with Gasteiger partial charge < -0.3 is 15.0 Å². The van der Waals surface area contributed by atoms with Crippen LogP contribution in [0.1, 0.15) is 12.8 Å². The molecule has 0 atom stereocenters. The van der Waals surface area contributed by atoms with E-state index in [4.69, 9.17) is 4.74 Å². The number of hydrogen-bond donors (Lipinski definition) is 1. The molecule has 1 aliphatic rings. The minimum Gasteiger partial charge on any atom is -0.484 e. The van der Waals surface area contributed by atoms with E-state index in [0.29, 0.717) is 0 Å². The highest BCUT2D eigenvalue weighted by Crippen LogP contribution is 2.21.